The summed E-state index contributed by atoms with van der Waals surface area (Å²) in [5, 5.41) is 8.35. The Balaban J connectivity index is 1.93. The van der Waals surface area contributed by atoms with Crippen LogP contribution in [0, 0.1) is 6.92 Å². The first-order valence-electron chi connectivity index (χ1n) is 6.47. The smallest absolute Gasteiger partial charge is 0.147 e. The fourth-order valence-corrected chi connectivity index (χ4v) is 2.41. The molecule has 1 saturated carbocycles. The summed E-state index contributed by atoms with van der Waals surface area (Å²) in [7, 11) is 0. The van der Waals surface area contributed by atoms with Crippen molar-refractivity contribution in [1.82, 2.24) is 15.0 Å². The van der Waals surface area contributed by atoms with Gasteiger partial charge < -0.3 is 4.74 Å². The van der Waals surface area contributed by atoms with Crippen LogP contribution >= 0.6 is 0 Å². The molecule has 1 aliphatic carbocycles. The van der Waals surface area contributed by atoms with Crippen LogP contribution in [0.25, 0.3) is 5.69 Å². The van der Waals surface area contributed by atoms with E-state index in [4.69, 9.17) is 4.74 Å². The van der Waals surface area contributed by atoms with Gasteiger partial charge in [-0.1, -0.05) is 6.07 Å². The van der Waals surface area contributed by atoms with Crippen molar-refractivity contribution in [3.05, 3.63) is 36.2 Å². The van der Waals surface area contributed by atoms with E-state index in [-0.39, 0.29) is 0 Å². The van der Waals surface area contributed by atoms with Crippen molar-refractivity contribution >= 4 is 0 Å². The zero-order valence-corrected chi connectivity index (χ0v) is 10.5. The van der Waals surface area contributed by atoms with Gasteiger partial charge in [-0.15, -0.1) is 4.80 Å². The predicted molar refractivity (Wildman–Crippen MR) is 69.0 cm³/mol. The third-order valence-electron chi connectivity index (χ3n) is 3.35. The molecule has 1 aliphatic rings. The normalized spacial score (nSPS) is 16.1. The maximum atomic E-state index is 6.11. The van der Waals surface area contributed by atoms with Crippen LogP contribution in [0.4, 0.5) is 0 Å². The number of ether oxygens (including phenoxy) is 1. The number of hydrogen-bond donors (Lipinski definition) is 0. The van der Waals surface area contributed by atoms with Crippen molar-refractivity contribution in [1.29, 1.82) is 0 Å². The first-order chi connectivity index (χ1) is 8.83. The molecular formula is C14H17N3O. The van der Waals surface area contributed by atoms with E-state index in [0.29, 0.717) is 6.10 Å². The highest BCUT2D eigenvalue weighted by molar-refractivity contribution is 5.47. The largest absolute Gasteiger partial charge is 0.488 e. The quantitative estimate of drug-likeness (QED) is 0.832. The number of hydrogen-bond acceptors (Lipinski definition) is 3. The highest BCUT2D eigenvalue weighted by Gasteiger charge is 2.18. The van der Waals surface area contributed by atoms with E-state index < -0.39 is 0 Å². The number of aryl methyl sites for hydroxylation is 1. The summed E-state index contributed by atoms with van der Waals surface area (Å²) in [6.07, 6.45) is 8.55. The van der Waals surface area contributed by atoms with E-state index in [9.17, 15) is 0 Å². The molecular weight excluding hydrogens is 226 g/mol. The van der Waals surface area contributed by atoms with Gasteiger partial charge in [0.1, 0.15) is 11.4 Å². The molecule has 1 aromatic heterocycles. The van der Waals surface area contributed by atoms with Crippen LogP contribution in [0.3, 0.4) is 0 Å². The summed E-state index contributed by atoms with van der Waals surface area (Å²) in [5.41, 5.74) is 2.11. The lowest BCUT2D eigenvalue weighted by Gasteiger charge is -2.16. The monoisotopic (exact) mass is 243 g/mol. The maximum absolute atomic E-state index is 6.11. The maximum Gasteiger partial charge on any atom is 0.147 e. The minimum Gasteiger partial charge on any atom is -0.488 e. The fourth-order valence-electron chi connectivity index (χ4n) is 2.41. The lowest BCUT2D eigenvalue weighted by molar-refractivity contribution is 0.209. The molecule has 0 atom stereocenters. The van der Waals surface area contributed by atoms with Gasteiger partial charge in [0, 0.05) is 0 Å². The van der Waals surface area contributed by atoms with Gasteiger partial charge in [0.2, 0.25) is 0 Å². The Bertz CT molecular complexity index is 516. The molecule has 1 heterocycles. The van der Waals surface area contributed by atoms with Gasteiger partial charge >= 0.3 is 0 Å². The van der Waals surface area contributed by atoms with Crippen LogP contribution < -0.4 is 4.74 Å². The highest BCUT2D eigenvalue weighted by atomic mass is 16.5. The second-order valence-electron chi connectivity index (χ2n) is 4.81. The summed E-state index contributed by atoms with van der Waals surface area (Å²) in [6, 6.07) is 6.14. The van der Waals surface area contributed by atoms with Crippen LogP contribution in [0.15, 0.2) is 30.6 Å². The highest BCUT2D eigenvalue weighted by Crippen LogP contribution is 2.29. The van der Waals surface area contributed by atoms with Gasteiger partial charge in [-0.2, -0.15) is 10.2 Å². The van der Waals surface area contributed by atoms with E-state index in [1.165, 1.54) is 18.4 Å². The number of rotatable bonds is 3. The molecule has 4 heteroatoms. The van der Waals surface area contributed by atoms with Crippen molar-refractivity contribution in [2.24, 2.45) is 0 Å². The Morgan fingerprint density at radius 2 is 1.89 bits per heavy atom. The third kappa shape index (κ3) is 2.23. The Morgan fingerprint density at radius 3 is 2.61 bits per heavy atom. The minimum absolute atomic E-state index is 0.348. The molecule has 4 nitrogen and oxygen atoms in total. The molecule has 0 bridgehead atoms. The van der Waals surface area contributed by atoms with Gasteiger partial charge in [-0.3, -0.25) is 0 Å². The van der Waals surface area contributed by atoms with Crippen molar-refractivity contribution in [3.63, 3.8) is 0 Å². The standard InChI is InChI=1S/C14H17N3O/c1-11-6-7-13(17-15-8-9-16-17)14(10-11)18-12-4-2-3-5-12/h6-10,12H,2-5H2,1H3. The molecule has 2 aromatic rings. The second kappa shape index (κ2) is 4.80. The lowest BCUT2D eigenvalue weighted by atomic mass is 10.2. The van der Waals surface area contributed by atoms with Crippen LogP contribution in [0.1, 0.15) is 31.2 Å². The number of benzene rings is 1. The van der Waals surface area contributed by atoms with Gasteiger partial charge in [-0.25, -0.2) is 0 Å². The molecule has 94 valence electrons. The van der Waals surface area contributed by atoms with Crippen LogP contribution in [-0.2, 0) is 0 Å². The third-order valence-corrected chi connectivity index (χ3v) is 3.35. The van der Waals surface area contributed by atoms with E-state index in [1.54, 1.807) is 17.2 Å². The van der Waals surface area contributed by atoms with Gasteiger partial charge in [0.05, 0.1) is 18.5 Å². The van der Waals surface area contributed by atoms with Crippen molar-refractivity contribution < 1.29 is 4.74 Å². The van der Waals surface area contributed by atoms with E-state index in [1.807, 2.05) is 6.07 Å². The van der Waals surface area contributed by atoms with Crippen LogP contribution in [0.5, 0.6) is 5.75 Å². The van der Waals surface area contributed by atoms with E-state index in [2.05, 4.69) is 29.3 Å². The first kappa shape index (κ1) is 11.3. The van der Waals surface area contributed by atoms with Crippen LogP contribution in [0.2, 0.25) is 0 Å². The molecule has 0 unspecified atom stereocenters. The average molecular weight is 243 g/mol. The van der Waals surface area contributed by atoms with Crippen LogP contribution in [-0.4, -0.2) is 21.1 Å². The molecule has 0 aliphatic heterocycles. The second-order valence-corrected chi connectivity index (χ2v) is 4.81. The molecule has 0 amide bonds. The molecule has 0 N–H and O–H groups in total. The summed E-state index contributed by atoms with van der Waals surface area (Å²) < 4.78 is 6.11. The Morgan fingerprint density at radius 1 is 1.17 bits per heavy atom. The summed E-state index contributed by atoms with van der Waals surface area (Å²) in [6.45, 7) is 2.07. The van der Waals surface area contributed by atoms with Gasteiger partial charge in [0.25, 0.3) is 0 Å². The number of nitrogens with zero attached hydrogens (tertiary/aromatic N) is 3. The molecule has 1 fully saturated rings. The molecule has 0 saturated heterocycles. The summed E-state index contributed by atoms with van der Waals surface area (Å²) in [4.78, 5) is 1.61. The molecule has 0 spiro atoms. The van der Waals surface area contributed by atoms with E-state index >= 15 is 0 Å². The minimum atomic E-state index is 0.348. The number of aromatic nitrogens is 3. The van der Waals surface area contributed by atoms with Crippen molar-refractivity contribution in [3.8, 4) is 11.4 Å². The van der Waals surface area contributed by atoms with E-state index in [0.717, 1.165) is 24.3 Å². The molecule has 0 radical (unpaired) electrons. The topological polar surface area (TPSA) is 39.9 Å². The average Bonchev–Trinajstić information content (AvgIpc) is 3.01. The molecule has 3 rings (SSSR count). The zero-order chi connectivity index (χ0) is 12.4. The SMILES string of the molecule is Cc1ccc(-n2nccn2)c(OC2CCCC2)c1. The Labute approximate surface area is 107 Å². The molecule has 18 heavy (non-hydrogen) atoms. The molecule has 1 aromatic carbocycles. The predicted octanol–water partition coefficient (Wildman–Crippen LogP) is 2.90. The fraction of sp³-hybridized carbons (Fsp3) is 0.429. The van der Waals surface area contributed by atoms with Crippen molar-refractivity contribution in [2.45, 2.75) is 38.7 Å². The Hall–Kier alpha value is -1.84. The van der Waals surface area contributed by atoms with Gasteiger partial charge in [-0.05, 0) is 50.3 Å². The van der Waals surface area contributed by atoms with Gasteiger partial charge in [0.15, 0.2) is 0 Å². The summed E-state index contributed by atoms with van der Waals surface area (Å²) >= 11 is 0. The lowest BCUT2D eigenvalue weighted by Crippen LogP contribution is -2.13. The van der Waals surface area contributed by atoms with Crippen molar-refractivity contribution in [2.75, 3.05) is 0 Å². The Kier molecular flexibility index (Phi) is 3.00. The first-order valence-corrected chi connectivity index (χ1v) is 6.47. The summed E-state index contributed by atoms with van der Waals surface area (Å²) in [5.74, 6) is 0.887. The zero-order valence-electron chi connectivity index (χ0n) is 10.5.